The number of hydrogen-bond acceptors (Lipinski definition) is 3. The quantitative estimate of drug-likeness (QED) is 0.583. The fourth-order valence-corrected chi connectivity index (χ4v) is 5.37. The molecule has 0 aromatic carbocycles. The second-order valence-corrected chi connectivity index (χ2v) is 13.7. The number of nitrogens with zero attached hydrogens (tertiary/aromatic N) is 1. The topological polar surface area (TPSA) is 38.8 Å². The molecule has 0 bridgehead atoms. The predicted octanol–water partition coefficient (Wildman–Crippen LogP) is 5.58. The van der Waals surface area contributed by atoms with E-state index in [4.69, 9.17) is 9.16 Å². The van der Waals surface area contributed by atoms with Gasteiger partial charge in [-0.1, -0.05) is 19.8 Å². The molecule has 0 saturated carbocycles. The Labute approximate surface area is 150 Å². The zero-order valence-electron chi connectivity index (χ0n) is 17.2. The van der Waals surface area contributed by atoms with Crippen LogP contribution >= 0.6 is 0 Å². The minimum absolute atomic E-state index is 0.122. The number of carbonyl (C=O) groups is 1. The van der Waals surface area contributed by atoms with Crippen LogP contribution in [-0.4, -0.2) is 43.1 Å². The van der Waals surface area contributed by atoms with Crippen molar-refractivity contribution in [3.8, 4) is 0 Å². The maximum Gasteiger partial charge on any atom is 0.411 e. The van der Waals surface area contributed by atoms with Gasteiger partial charge in [0, 0.05) is 5.54 Å². The lowest BCUT2D eigenvalue weighted by molar-refractivity contribution is -0.0352. The summed E-state index contributed by atoms with van der Waals surface area (Å²) in [5, 5.41) is 0. The number of unbranched alkanes of at least 4 members (excludes halogenated alkanes) is 1. The maximum absolute atomic E-state index is 12.8. The minimum Gasteiger partial charge on any atom is -0.444 e. The summed E-state index contributed by atoms with van der Waals surface area (Å²) in [5.41, 5.74) is -0.644. The van der Waals surface area contributed by atoms with Gasteiger partial charge in [-0.15, -0.1) is 0 Å². The molecule has 0 aliphatic carbocycles. The Morgan fingerprint density at radius 1 is 1.29 bits per heavy atom. The van der Waals surface area contributed by atoms with E-state index >= 15 is 0 Å². The first-order chi connectivity index (χ1) is 10.9. The third kappa shape index (κ3) is 6.75. The fourth-order valence-electron chi connectivity index (χ4n) is 3.38. The van der Waals surface area contributed by atoms with Gasteiger partial charge in [0.15, 0.2) is 8.32 Å². The van der Waals surface area contributed by atoms with Gasteiger partial charge in [0.1, 0.15) is 5.60 Å². The van der Waals surface area contributed by atoms with E-state index in [9.17, 15) is 4.79 Å². The molecule has 5 heteroatoms. The van der Waals surface area contributed by atoms with Crippen molar-refractivity contribution in [3.63, 3.8) is 0 Å². The first kappa shape index (κ1) is 21.5. The van der Waals surface area contributed by atoms with Crippen molar-refractivity contribution in [1.82, 2.24) is 4.90 Å². The van der Waals surface area contributed by atoms with Gasteiger partial charge in [0.2, 0.25) is 0 Å². The predicted molar refractivity (Wildman–Crippen MR) is 103 cm³/mol. The van der Waals surface area contributed by atoms with Crippen molar-refractivity contribution in [1.29, 1.82) is 0 Å². The van der Waals surface area contributed by atoms with Crippen molar-refractivity contribution in [2.45, 2.75) is 110 Å². The molecule has 1 aliphatic rings. The molecule has 4 nitrogen and oxygen atoms in total. The third-order valence-corrected chi connectivity index (χ3v) is 7.24. The second kappa shape index (κ2) is 8.22. The normalized spacial score (nSPS) is 21.7. The number of amides is 1. The Kier molecular flexibility index (Phi) is 7.36. The molecule has 0 spiro atoms. The molecule has 1 saturated heterocycles. The molecule has 1 aliphatic heterocycles. The molecule has 1 heterocycles. The summed E-state index contributed by atoms with van der Waals surface area (Å²) in [5.74, 6) is 0. The highest BCUT2D eigenvalue weighted by Crippen LogP contribution is 2.34. The summed E-state index contributed by atoms with van der Waals surface area (Å²) in [6.07, 6.45) is 5.39. The molecule has 1 amide bonds. The standard InChI is InChI=1S/C19H39NO3Si/c1-9-10-14-24(7,8)22-15-16-12-11-13-19(5,6)20(16)17(21)23-18(2,3)4/h16H,9-15H2,1-8H3/t16-/m0/s1. The SMILES string of the molecule is CCCC[Si](C)(C)OC[C@@H]1CCCC(C)(C)N1C(=O)OC(C)(C)C. The first-order valence-electron chi connectivity index (χ1n) is 9.54. The van der Waals surface area contributed by atoms with Crippen molar-refractivity contribution in [2.75, 3.05) is 6.61 Å². The van der Waals surface area contributed by atoms with Gasteiger partial charge in [-0.05, 0) is 73.0 Å². The van der Waals surface area contributed by atoms with Crippen LogP contribution in [0.5, 0.6) is 0 Å². The van der Waals surface area contributed by atoms with E-state index < -0.39 is 13.9 Å². The Morgan fingerprint density at radius 2 is 1.92 bits per heavy atom. The Morgan fingerprint density at radius 3 is 2.46 bits per heavy atom. The summed E-state index contributed by atoms with van der Waals surface area (Å²) >= 11 is 0. The van der Waals surface area contributed by atoms with Gasteiger partial charge in [0.05, 0.1) is 12.6 Å². The highest BCUT2D eigenvalue weighted by molar-refractivity contribution is 6.71. The van der Waals surface area contributed by atoms with Crippen LogP contribution in [0.3, 0.4) is 0 Å². The molecular weight excluding hydrogens is 318 g/mol. The number of rotatable bonds is 6. The Balaban J connectivity index is 2.80. The van der Waals surface area contributed by atoms with Gasteiger partial charge in [0.25, 0.3) is 0 Å². The van der Waals surface area contributed by atoms with Crippen molar-refractivity contribution in [2.24, 2.45) is 0 Å². The number of piperidine rings is 1. The smallest absolute Gasteiger partial charge is 0.411 e. The minimum atomic E-state index is -1.64. The van der Waals surface area contributed by atoms with Gasteiger partial charge in [-0.25, -0.2) is 4.79 Å². The third-order valence-electron chi connectivity index (χ3n) is 4.73. The molecule has 24 heavy (non-hydrogen) atoms. The second-order valence-electron chi connectivity index (χ2n) is 9.38. The van der Waals surface area contributed by atoms with Gasteiger partial charge < -0.3 is 9.16 Å². The van der Waals surface area contributed by atoms with E-state index in [0.29, 0.717) is 6.61 Å². The van der Waals surface area contributed by atoms with Crippen LogP contribution in [-0.2, 0) is 9.16 Å². The van der Waals surface area contributed by atoms with Crippen molar-refractivity contribution in [3.05, 3.63) is 0 Å². The summed E-state index contributed by atoms with van der Waals surface area (Å²) < 4.78 is 12.0. The molecule has 0 N–H and O–H groups in total. The summed E-state index contributed by atoms with van der Waals surface area (Å²) in [6, 6.07) is 1.31. The maximum atomic E-state index is 12.8. The van der Waals surface area contributed by atoms with Crippen LogP contribution < -0.4 is 0 Å². The number of carbonyl (C=O) groups excluding carboxylic acids is 1. The molecule has 1 atom stereocenters. The fraction of sp³-hybridized carbons (Fsp3) is 0.947. The highest BCUT2D eigenvalue weighted by atomic mass is 28.4. The Bertz CT molecular complexity index is 415. The molecule has 0 aromatic rings. The molecule has 0 aromatic heterocycles. The molecule has 0 radical (unpaired) electrons. The summed E-state index contributed by atoms with van der Waals surface area (Å²) in [4.78, 5) is 14.7. The van der Waals surface area contributed by atoms with E-state index in [0.717, 1.165) is 19.3 Å². The summed E-state index contributed by atoms with van der Waals surface area (Å²) in [6.45, 7) is 17.5. The molecule has 1 rings (SSSR count). The molecular formula is C19H39NO3Si. The lowest BCUT2D eigenvalue weighted by Gasteiger charge is -2.48. The van der Waals surface area contributed by atoms with Gasteiger partial charge in [-0.2, -0.15) is 0 Å². The highest BCUT2D eigenvalue weighted by Gasteiger charge is 2.42. The van der Waals surface area contributed by atoms with Gasteiger partial charge >= 0.3 is 6.09 Å². The van der Waals surface area contributed by atoms with E-state index in [1.807, 2.05) is 25.7 Å². The van der Waals surface area contributed by atoms with E-state index in [1.54, 1.807) is 0 Å². The van der Waals surface area contributed by atoms with Crippen LogP contribution in [0.25, 0.3) is 0 Å². The zero-order valence-corrected chi connectivity index (χ0v) is 18.2. The van der Waals surface area contributed by atoms with Crippen LogP contribution in [0.15, 0.2) is 0 Å². The summed E-state index contributed by atoms with van der Waals surface area (Å²) in [7, 11) is -1.64. The van der Waals surface area contributed by atoms with Crippen LogP contribution in [0, 0.1) is 0 Å². The van der Waals surface area contributed by atoms with Crippen LogP contribution in [0.2, 0.25) is 19.1 Å². The molecule has 0 unspecified atom stereocenters. The van der Waals surface area contributed by atoms with Crippen molar-refractivity contribution >= 4 is 14.4 Å². The van der Waals surface area contributed by atoms with Crippen molar-refractivity contribution < 1.29 is 14.0 Å². The molecule has 1 fully saturated rings. The number of likely N-dealkylation sites (tertiary alicyclic amines) is 1. The zero-order chi connectivity index (χ0) is 18.6. The van der Waals surface area contributed by atoms with E-state index in [-0.39, 0.29) is 17.7 Å². The lowest BCUT2D eigenvalue weighted by atomic mass is 9.87. The Hall–Kier alpha value is -0.553. The lowest BCUT2D eigenvalue weighted by Crippen LogP contribution is -2.59. The van der Waals surface area contributed by atoms with Gasteiger partial charge in [-0.3, -0.25) is 4.90 Å². The van der Waals surface area contributed by atoms with Crippen LogP contribution in [0.1, 0.15) is 73.6 Å². The first-order valence-corrected chi connectivity index (χ1v) is 12.7. The van der Waals surface area contributed by atoms with E-state index in [2.05, 4.69) is 33.9 Å². The molecule has 142 valence electrons. The number of ether oxygens (including phenoxy) is 1. The average Bonchev–Trinajstić information content (AvgIpc) is 2.40. The van der Waals surface area contributed by atoms with Crippen LogP contribution in [0.4, 0.5) is 4.79 Å². The number of hydrogen-bond donors (Lipinski definition) is 0. The monoisotopic (exact) mass is 357 g/mol. The van der Waals surface area contributed by atoms with E-state index in [1.165, 1.54) is 18.9 Å². The average molecular weight is 358 g/mol. The largest absolute Gasteiger partial charge is 0.444 e.